The zero-order valence-corrected chi connectivity index (χ0v) is 11.1. The van der Waals surface area contributed by atoms with Crippen LogP contribution in [-0.2, 0) is 10.3 Å². The van der Waals surface area contributed by atoms with E-state index in [1.54, 1.807) is 0 Å². The van der Waals surface area contributed by atoms with Crippen molar-refractivity contribution in [3.63, 3.8) is 0 Å². The summed E-state index contributed by atoms with van der Waals surface area (Å²) in [6.07, 6.45) is 3.39. The molecule has 0 radical (unpaired) electrons. The minimum Gasteiger partial charge on any atom is -0.394 e. The predicted molar refractivity (Wildman–Crippen MR) is 72.5 cm³/mol. The molecule has 1 fully saturated rings. The quantitative estimate of drug-likeness (QED) is 0.693. The molecule has 3 heteroatoms. The standard InChI is InChI=1S/C15H23NO2/c1-2-10-18-12-15(11-17,16-14-8-9-14)13-6-4-3-5-7-13/h3-7,14,16-17H,2,8-12H2,1H3. The van der Waals surface area contributed by atoms with Gasteiger partial charge in [-0.3, -0.25) is 0 Å². The number of aliphatic hydroxyl groups excluding tert-OH is 1. The van der Waals surface area contributed by atoms with Crippen LogP contribution in [0.1, 0.15) is 31.7 Å². The van der Waals surface area contributed by atoms with E-state index in [4.69, 9.17) is 4.74 Å². The molecule has 0 saturated heterocycles. The molecule has 18 heavy (non-hydrogen) atoms. The van der Waals surface area contributed by atoms with Crippen LogP contribution in [0.5, 0.6) is 0 Å². The Balaban J connectivity index is 2.13. The zero-order chi connectivity index (χ0) is 12.8. The Kier molecular flexibility index (Phi) is 4.75. The van der Waals surface area contributed by atoms with Gasteiger partial charge in [-0.1, -0.05) is 37.3 Å². The summed E-state index contributed by atoms with van der Waals surface area (Å²) in [4.78, 5) is 0. The first kappa shape index (κ1) is 13.5. The minimum absolute atomic E-state index is 0.0667. The van der Waals surface area contributed by atoms with Crippen LogP contribution in [0.25, 0.3) is 0 Å². The summed E-state index contributed by atoms with van der Waals surface area (Å²) in [5.41, 5.74) is 0.660. The van der Waals surface area contributed by atoms with Crippen LogP contribution >= 0.6 is 0 Å². The molecule has 3 nitrogen and oxygen atoms in total. The van der Waals surface area contributed by atoms with E-state index in [1.807, 2.05) is 18.2 Å². The summed E-state index contributed by atoms with van der Waals surface area (Å²) >= 11 is 0. The fourth-order valence-electron chi connectivity index (χ4n) is 2.16. The van der Waals surface area contributed by atoms with Crippen LogP contribution in [0, 0.1) is 0 Å². The van der Waals surface area contributed by atoms with E-state index in [9.17, 15) is 5.11 Å². The first-order chi connectivity index (χ1) is 8.80. The molecule has 0 spiro atoms. The van der Waals surface area contributed by atoms with Gasteiger partial charge in [0.2, 0.25) is 0 Å². The summed E-state index contributed by atoms with van der Waals surface area (Å²) in [5, 5.41) is 13.4. The molecule has 1 aliphatic carbocycles. The third kappa shape index (κ3) is 3.31. The molecule has 0 bridgehead atoms. The Labute approximate surface area is 109 Å². The molecule has 0 aliphatic heterocycles. The lowest BCUT2D eigenvalue weighted by atomic mass is 9.91. The molecule has 0 amide bonds. The van der Waals surface area contributed by atoms with Gasteiger partial charge in [-0.2, -0.15) is 0 Å². The van der Waals surface area contributed by atoms with Crippen LogP contribution in [0.3, 0.4) is 0 Å². The number of hydrogen-bond donors (Lipinski definition) is 2. The molecule has 1 aliphatic rings. The molecule has 1 atom stereocenters. The third-order valence-corrected chi connectivity index (χ3v) is 3.35. The lowest BCUT2D eigenvalue weighted by Gasteiger charge is -2.33. The van der Waals surface area contributed by atoms with Gasteiger partial charge >= 0.3 is 0 Å². The van der Waals surface area contributed by atoms with Crippen molar-refractivity contribution in [1.82, 2.24) is 5.32 Å². The Morgan fingerprint density at radius 3 is 2.61 bits per heavy atom. The predicted octanol–water partition coefficient (Wildman–Crippen LogP) is 2.05. The van der Waals surface area contributed by atoms with Gasteiger partial charge < -0.3 is 15.2 Å². The van der Waals surface area contributed by atoms with Gasteiger partial charge in [-0.15, -0.1) is 0 Å². The van der Waals surface area contributed by atoms with Crippen LogP contribution in [0.15, 0.2) is 30.3 Å². The van der Waals surface area contributed by atoms with Crippen LogP contribution in [0.2, 0.25) is 0 Å². The fraction of sp³-hybridized carbons (Fsp3) is 0.600. The van der Waals surface area contributed by atoms with Gasteiger partial charge in [0, 0.05) is 12.6 Å². The number of aliphatic hydroxyl groups is 1. The molecule has 0 aromatic heterocycles. The molecule has 100 valence electrons. The Bertz CT molecular complexity index is 351. The van der Waals surface area contributed by atoms with E-state index in [1.165, 1.54) is 12.8 Å². The molecular weight excluding hydrogens is 226 g/mol. The van der Waals surface area contributed by atoms with E-state index >= 15 is 0 Å². The normalized spacial score (nSPS) is 18.6. The summed E-state index contributed by atoms with van der Waals surface area (Å²) in [6, 6.07) is 10.7. The maximum Gasteiger partial charge on any atom is 0.0908 e. The van der Waals surface area contributed by atoms with Gasteiger partial charge in [0.25, 0.3) is 0 Å². The highest BCUT2D eigenvalue weighted by Crippen LogP contribution is 2.29. The highest BCUT2D eigenvalue weighted by atomic mass is 16.5. The average Bonchev–Trinajstić information content (AvgIpc) is 3.23. The lowest BCUT2D eigenvalue weighted by molar-refractivity contribution is 0.0325. The zero-order valence-electron chi connectivity index (χ0n) is 11.1. The molecular formula is C15H23NO2. The minimum atomic E-state index is -0.447. The second-order valence-electron chi connectivity index (χ2n) is 5.08. The second-order valence-corrected chi connectivity index (χ2v) is 5.08. The highest BCUT2D eigenvalue weighted by molar-refractivity contribution is 5.25. The largest absolute Gasteiger partial charge is 0.394 e. The van der Waals surface area contributed by atoms with Crippen molar-refractivity contribution in [2.24, 2.45) is 0 Å². The van der Waals surface area contributed by atoms with Crippen molar-refractivity contribution in [3.8, 4) is 0 Å². The van der Waals surface area contributed by atoms with E-state index in [0.29, 0.717) is 12.6 Å². The number of ether oxygens (including phenoxy) is 1. The van der Waals surface area contributed by atoms with Gasteiger partial charge in [-0.25, -0.2) is 0 Å². The van der Waals surface area contributed by atoms with E-state index < -0.39 is 5.54 Å². The van der Waals surface area contributed by atoms with Crippen LogP contribution in [0.4, 0.5) is 0 Å². The average molecular weight is 249 g/mol. The SMILES string of the molecule is CCCOCC(CO)(NC1CC1)c1ccccc1. The summed E-state index contributed by atoms with van der Waals surface area (Å²) in [7, 11) is 0. The molecule has 1 saturated carbocycles. The maximum atomic E-state index is 9.86. The first-order valence-corrected chi connectivity index (χ1v) is 6.82. The smallest absolute Gasteiger partial charge is 0.0908 e. The molecule has 2 N–H and O–H groups in total. The number of benzene rings is 1. The second kappa shape index (κ2) is 6.32. The number of nitrogens with one attached hydrogen (secondary N) is 1. The van der Waals surface area contributed by atoms with E-state index in [2.05, 4.69) is 24.4 Å². The summed E-state index contributed by atoms with van der Waals surface area (Å²) in [6.45, 7) is 3.42. The van der Waals surface area contributed by atoms with Crippen molar-refractivity contribution in [3.05, 3.63) is 35.9 Å². The number of rotatable bonds is 8. The van der Waals surface area contributed by atoms with Crippen molar-refractivity contribution >= 4 is 0 Å². The van der Waals surface area contributed by atoms with Gasteiger partial charge in [-0.05, 0) is 24.8 Å². The Hall–Kier alpha value is -0.900. The molecule has 1 unspecified atom stereocenters. The molecule has 1 aromatic carbocycles. The van der Waals surface area contributed by atoms with Crippen LogP contribution in [-0.4, -0.2) is 31.0 Å². The van der Waals surface area contributed by atoms with Crippen molar-refractivity contribution in [2.45, 2.75) is 37.8 Å². The number of hydrogen-bond acceptors (Lipinski definition) is 3. The Morgan fingerprint density at radius 1 is 1.33 bits per heavy atom. The molecule has 0 heterocycles. The fourth-order valence-corrected chi connectivity index (χ4v) is 2.16. The molecule has 1 aromatic rings. The van der Waals surface area contributed by atoms with Gasteiger partial charge in [0.15, 0.2) is 0 Å². The lowest BCUT2D eigenvalue weighted by Crippen LogP contribution is -2.50. The third-order valence-electron chi connectivity index (χ3n) is 3.35. The maximum absolute atomic E-state index is 9.86. The molecule has 2 rings (SSSR count). The van der Waals surface area contributed by atoms with E-state index in [-0.39, 0.29) is 6.61 Å². The first-order valence-electron chi connectivity index (χ1n) is 6.82. The highest BCUT2D eigenvalue weighted by Gasteiger charge is 2.37. The summed E-state index contributed by atoms with van der Waals surface area (Å²) < 4.78 is 5.70. The van der Waals surface area contributed by atoms with Gasteiger partial charge in [0.05, 0.1) is 18.8 Å². The van der Waals surface area contributed by atoms with Crippen LogP contribution < -0.4 is 5.32 Å². The topological polar surface area (TPSA) is 41.5 Å². The van der Waals surface area contributed by atoms with Crippen molar-refractivity contribution in [2.75, 3.05) is 19.8 Å². The van der Waals surface area contributed by atoms with E-state index in [0.717, 1.165) is 18.6 Å². The monoisotopic (exact) mass is 249 g/mol. The summed E-state index contributed by atoms with van der Waals surface area (Å²) in [5.74, 6) is 0. The van der Waals surface area contributed by atoms with Crippen molar-refractivity contribution in [1.29, 1.82) is 0 Å². The Morgan fingerprint density at radius 2 is 2.06 bits per heavy atom. The van der Waals surface area contributed by atoms with Gasteiger partial charge in [0.1, 0.15) is 0 Å². The van der Waals surface area contributed by atoms with Crippen molar-refractivity contribution < 1.29 is 9.84 Å².